The molecule has 1 saturated carbocycles. The molecule has 3 amide bonds. The quantitative estimate of drug-likeness (QED) is 0.369. The number of esters is 1. The first-order valence-electron chi connectivity index (χ1n) is 12.5. The Morgan fingerprint density at radius 2 is 1.92 bits per heavy atom. The van der Waals surface area contributed by atoms with Gasteiger partial charge in [0.15, 0.2) is 0 Å². The van der Waals surface area contributed by atoms with Gasteiger partial charge in [0, 0.05) is 12.1 Å². The van der Waals surface area contributed by atoms with E-state index < -0.39 is 36.3 Å². The summed E-state index contributed by atoms with van der Waals surface area (Å²) in [6.07, 6.45) is 5.49. The summed E-state index contributed by atoms with van der Waals surface area (Å²) >= 11 is 5.99. The topological polar surface area (TPSA) is 140 Å². The number of benzene rings is 1. The molecule has 2 aliphatic heterocycles. The molecule has 2 saturated heterocycles. The van der Waals surface area contributed by atoms with Crippen molar-refractivity contribution in [3.05, 3.63) is 28.8 Å². The molecule has 4 rings (SSSR count). The van der Waals surface area contributed by atoms with Gasteiger partial charge in [0.05, 0.1) is 23.2 Å². The first-order valence-corrected chi connectivity index (χ1v) is 12.9. The minimum atomic E-state index is -0.860. The molecule has 0 bridgehead atoms. The molecule has 196 valence electrons. The molecule has 4 atom stereocenters. The number of ether oxygens (including phenoxy) is 2. The van der Waals surface area contributed by atoms with Crippen LogP contribution in [0.25, 0.3) is 0 Å². The normalized spacial score (nSPS) is 25.3. The Morgan fingerprint density at radius 1 is 1.17 bits per heavy atom. The Balaban J connectivity index is 1.34. The summed E-state index contributed by atoms with van der Waals surface area (Å²) in [5.41, 5.74) is 6.32. The van der Waals surface area contributed by atoms with Crippen molar-refractivity contribution in [2.75, 3.05) is 12.3 Å². The maximum absolute atomic E-state index is 13.2. The molecular formula is C25H33ClN4O6. The van der Waals surface area contributed by atoms with Crippen molar-refractivity contribution in [2.24, 2.45) is 0 Å². The predicted octanol–water partition coefficient (Wildman–Crippen LogP) is 2.14. The van der Waals surface area contributed by atoms with Gasteiger partial charge in [-0.1, -0.05) is 30.9 Å². The van der Waals surface area contributed by atoms with Crippen LogP contribution >= 0.6 is 11.6 Å². The summed E-state index contributed by atoms with van der Waals surface area (Å²) in [6, 6.07) is 2.32. The number of anilines is 1. The van der Waals surface area contributed by atoms with Crippen LogP contribution in [0.15, 0.2) is 18.2 Å². The van der Waals surface area contributed by atoms with Gasteiger partial charge >= 0.3 is 5.97 Å². The van der Waals surface area contributed by atoms with Crippen LogP contribution in [-0.4, -0.2) is 65.7 Å². The van der Waals surface area contributed by atoms with Crippen molar-refractivity contribution in [1.29, 1.82) is 0 Å². The fraction of sp³-hybridized carbons (Fsp3) is 0.600. The Kier molecular flexibility index (Phi) is 8.35. The van der Waals surface area contributed by atoms with E-state index in [9.17, 15) is 19.2 Å². The van der Waals surface area contributed by atoms with E-state index in [1.807, 2.05) is 0 Å². The molecule has 0 aromatic heterocycles. The molecule has 1 aliphatic carbocycles. The number of amides is 3. The number of halogens is 1. The second-order valence-electron chi connectivity index (χ2n) is 9.69. The number of hydrogen-bond donors (Lipinski definition) is 3. The SMILES string of the molecule is C[C@H](NC(=O)c1ccc(N)c(Cl)c1)C(=O)N1CCC[C@H]1C(=O)NC1CC(=O)O[C@H]1OC1CCCCC1. The number of cyclic esters (lactones) is 1. The van der Waals surface area contributed by atoms with Crippen molar-refractivity contribution in [3.8, 4) is 0 Å². The molecule has 1 unspecified atom stereocenters. The zero-order chi connectivity index (χ0) is 25.8. The van der Waals surface area contributed by atoms with Crippen LogP contribution in [0.2, 0.25) is 5.02 Å². The van der Waals surface area contributed by atoms with Crippen LogP contribution in [0, 0.1) is 0 Å². The van der Waals surface area contributed by atoms with Crippen LogP contribution in [0.5, 0.6) is 0 Å². The van der Waals surface area contributed by atoms with E-state index in [4.69, 9.17) is 26.8 Å². The lowest BCUT2D eigenvalue weighted by atomic mass is 9.98. The Hall–Kier alpha value is -2.85. The monoisotopic (exact) mass is 520 g/mol. The standard InChI is InChI=1S/C25H33ClN4O6/c1-14(28-22(32)15-9-10-18(27)17(26)12-15)24(34)30-11-5-8-20(30)23(33)29-19-13-21(31)36-25(19)35-16-6-3-2-4-7-16/h9-10,12,14,16,19-20,25H,2-8,11,13,27H2,1H3,(H,28,32)(H,29,33)/t14-,19?,20-,25+/m0/s1. The highest BCUT2D eigenvalue weighted by Gasteiger charge is 2.42. The fourth-order valence-electron chi connectivity index (χ4n) is 5.01. The average Bonchev–Trinajstić information content (AvgIpc) is 3.47. The minimum Gasteiger partial charge on any atom is -0.433 e. The Morgan fingerprint density at radius 3 is 2.64 bits per heavy atom. The zero-order valence-corrected chi connectivity index (χ0v) is 21.1. The van der Waals surface area contributed by atoms with Gasteiger partial charge in [0.2, 0.25) is 18.1 Å². The smallest absolute Gasteiger partial charge is 0.310 e. The highest BCUT2D eigenvalue weighted by Crippen LogP contribution is 2.27. The van der Waals surface area contributed by atoms with E-state index in [0.29, 0.717) is 25.1 Å². The van der Waals surface area contributed by atoms with Crippen molar-refractivity contribution in [3.63, 3.8) is 0 Å². The second kappa shape index (κ2) is 11.5. The lowest BCUT2D eigenvalue weighted by Crippen LogP contribution is -2.54. The van der Waals surface area contributed by atoms with Crippen LogP contribution in [-0.2, 0) is 23.9 Å². The summed E-state index contributed by atoms with van der Waals surface area (Å²) in [4.78, 5) is 52.3. The maximum Gasteiger partial charge on any atom is 0.310 e. The van der Waals surface area contributed by atoms with Gasteiger partial charge in [0.1, 0.15) is 18.1 Å². The zero-order valence-electron chi connectivity index (χ0n) is 20.3. The highest BCUT2D eigenvalue weighted by molar-refractivity contribution is 6.33. The number of nitrogens with two attached hydrogens (primary N) is 1. The Labute approximate surface area is 215 Å². The molecular weight excluding hydrogens is 488 g/mol. The number of carbonyl (C=O) groups excluding carboxylic acids is 4. The van der Waals surface area contributed by atoms with E-state index in [1.165, 1.54) is 29.5 Å². The third-order valence-electron chi connectivity index (χ3n) is 6.99. The molecule has 0 radical (unpaired) electrons. The minimum absolute atomic E-state index is 0.0130. The van der Waals surface area contributed by atoms with E-state index in [2.05, 4.69) is 10.6 Å². The van der Waals surface area contributed by atoms with E-state index in [0.717, 1.165) is 25.7 Å². The van der Waals surface area contributed by atoms with Crippen molar-refractivity contribution in [1.82, 2.24) is 15.5 Å². The van der Waals surface area contributed by atoms with E-state index in [1.54, 1.807) is 6.92 Å². The first kappa shape index (κ1) is 26.2. The molecule has 1 aromatic carbocycles. The van der Waals surface area contributed by atoms with Gasteiger partial charge in [0.25, 0.3) is 5.91 Å². The molecule has 10 nitrogen and oxygen atoms in total. The molecule has 11 heteroatoms. The number of carbonyl (C=O) groups is 4. The number of nitrogen functional groups attached to an aromatic ring is 1. The summed E-state index contributed by atoms with van der Waals surface area (Å²) in [5, 5.41) is 5.79. The van der Waals surface area contributed by atoms with Crippen LogP contribution in [0.4, 0.5) is 5.69 Å². The van der Waals surface area contributed by atoms with Crippen molar-refractivity contribution >= 4 is 41.0 Å². The molecule has 3 aliphatic rings. The predicted molar refractivity (Wildman–Crippen MR) is 132 cm³/mol. The number of hydrogen-bond acceptors (Lipinski definition) is 7. The number of likely N-dealkylation sites (tertiary alicyclic amines) is 1. The van der Waals surface area contributed by atoms with Crippen molar-refractivity contribution < 1.29 is 28.7 Å². The largest absolute Gasteiger partial charge is 0.433 e. The molecule has 3 fully saturated rings. The lowest BCUT2D eigenvalue weighted by Gasteiger charge is -2.30. The average molecular weight is 521 g/mol. The van der Waals surface area contributed by atoms with Crippen LogP contribution < -0.4 is 16.4 Å². The van der Waals surface area contributed by atoms with Gasteiger partial charge in [-0.05, 0) is 50.8 Å². The molecule has 1 aromatic rings. The van der Waals surface area contributed by atoms with E-state index in [-0.39, 0.29) is 34.9 Å². The van der Waals surface area contributed by atoms with Crippen LogP contribution in [0.1, 0.15) is 68.6 Å². The number of nitrogens with zero attached hydrogens (tertiary/aromatic N) is 1. The third kappa shape index (κ3) is 6.10. The first-order chi connectivity index (χ1) is 17.2. The number of rotatable bonds is 7. The summed E-state index contributed by atoms with van der Waals surface area (Å²) in [6.45, 7) is 1.97. The molecule has 2 heterocycles. The van der Waals surface area contributed by atoms with Gasteiger partial charge in [-0.25, -0.2) is 0 Å². The van der Waals surface area contributed by atoms with Crippen molar-refractivity contribution in [2.45, 2.75) is 88.8 Å². The molecule has 0 spiro atoms. The summed E-state index contributed by atoms with van der Waals surface area (Å²) in [7, 11) is 0. The number of nitrogens with one attached hydrogen (secondary N) is 2. The van der Waals surface area contributed by atoms with E-state index >= 15 is 0 Å². The molecule has 36 heavy (non-hydrogen) atoms. The van der Waals surface area contributed by atoms with Gasteiger partial charge in [-0.15, -0.1) is 0 Å². The lowest BCUT2D eigenvalue weighted by molar-refractivity contribution is -0.180. The van der Waals surface area contributed by atoms with Gasteiger partial charge < -0.3 is 30.7 Å². The molecule has 4 N–H and O–H groups in total. The highest BCUT2D eigenvalue weighted by atomic mass is 35.5. The van der Waals surface area contributed by atoms with Gasteiger partial charge in [-0.2, -0.15) is 0 Å². The maximum atomic E-state index is 13.2. The summed E-state index contributed by atoms with van der Waals surface area (Å²) < 4.78 is 11.3. The summed E-state index contributed by atoms with van der Waals surface area (Å²) in [5.74, 6) is -1.61. The Bertz CT molecular complexity index is 1010. The fourth-order valence-corrected chi connectivity index (χ4v) is 5.19. The second-order valence-corrected chi connectivity index (χ2v) is 10.1. The van der Waals surface area contributed by atoms with Gasteiger partial charge in [-0.3, -0.25) is 19.2 Å². The third-order valence-corrected chi connectivity index (χ3v) is 7.32. The van der Waals surface area contributed by atoms with Crippen LogP contribution in [0.3, 0.4) is 0 Å².